The van der Waals surface area contributed by atoms with Crippen LogP contribution in [0.1, 0.15) is 31.2 Å². The lowest BCUT2D eigenvalue weighted by Gasteiger charge is -2.31. The van der Waals surface area contributed by atoms with Gasteiger partial charge in [-0.15, -0.1) is 0 Å². The lowest BCUT2D eigenvalue weighted by molar-refractivity contribution is 0.127. The summed E-state index contributed by atoms with van der Waals surface area (Å²) >= 11 is 0. The number of hydrogen-bond acceptors (Lipinski definition) is 9. The molecule has 2 aliphatic rings. The number of benzene rings is 2. The Kier molecular flexibility index (Phi) is 8.67. The highest BCUT2D eigenvalue weighted by Crippen LogP contribution is 2.40. The van der Waals surface area contributed by atoms with Crippen LogP contribution in [0.15, 0.2) is 54.9 Å². The summed E-state index contributed by atoms with van der Waals surface area (Å²) in [5.74, 6) is -0.00913. The second-order valence-electron chi connectivity index (χ2n) is 11.2. The van der Waals surface area contributed by atoms with Crippen molar-refractivity contribution < 1.29 is 32.2 Å². The molecular formula is C31H33FN6O6S. The van der Waals surface area contributed by atoms with Gasteiger partial charge in [0.25, 0.3) is 0 Å². The van der Waals surface area contributed by atoms with E-state index in [4.69, 9.17) is 9.47 Å². The molecule has 1 amide bonds. The van der Waals surface area contributed by atoms with Gasteiger partial charge in [-0.1, -0.05) is 12.1 Å². The number of fused-ring (bicyclic) bond motifs is 1. The number of nitrogens with zero attached hydrogens (tertiary/aromatic N) is 4. The fourth-order valence-corrected chi connectivity index (χ4v) is 7.06. The second kappa shape index (κ2) is 12.8. The molecule has 0 spiro atoms. The van der Waals surface area contributed by atoms with Crippen LogP contribution in [0, 0.1) is 12.7 Å². The van der Waals surface area contributed by atoms with Gasteiger partial charge in [-0.25, -0.2) is 32.6 Å². The van der Waals surface area contributed by atoms with Crippen molar-refractivity contribution in [3.05, 3.63) is 66.2 Å². The van der Waals surface area contributed by atoms with Crippen LogP contribution in [-0.4, -0.2) is 77.1 Å². The van der Waals surface area contributed by atoms with Crippen molar-refractivity contribution in [1.82, 2.24) is 19.9 Å². The molecule has 2 aromatic heterocycles. The smallest absolute Gasteiger partial charge is 0.407 e. The summed E-state index contributed by atoms with van der Waals surface area (Å²) in [6.07, 6.45) is 4.73. The van der Waals surface area contributed by atoms with Crippen LogP contribution in [0.2, 0.25) is 0 Å². The predicted molar refractivity (Wildman–Crippen MR) is 167 cm³/mol. The molecule has 2 fully saturated rings. The van der Waals surface area contributed by atoms with Gasteiger partial charge in [0.15, 0.2) is 0 Å². The molecule has 2 aliphatic heterocycles. The normalized spacial score (nSPS) is 18.6. The fourth-order valence-electron chi connectivity index (χ4n) is 5.71. The van der Waals surface area contributed by atoms with Crippen LogP contribution in [-0.2, 0) is 14.8 Å². The highest BCUT2D eigenvalue weighted by Gasteiger charge is 2.26. The molecule has 14 heteroatoms. The second-order valence-corrected chi connectivity index (χ2v) is 13.0. The maximum atomic E-state index is 15.1. The Morgan fingerprint density at radius 2 is 1.96 bits per heavy atom. The minimum absolute atomic E-state index is 0.134. The topological polar surface area (TPSA) is 156 Å². The molecule has 0 radical (unpaired) electrons. The summed E-state index contributed by atoms with van der Waals surface area (Å²) < 4.78 is 55.3. The molecule has 4 heterocycles. The van der Waals surface area contributed by atoms with Crippen molar-refractivity contribution in [3.8, 4) is 22.9 Å². The maximum absolute atomic E-state index is 15.1. The highest BCUT2D eigenvalue weighted by molar-refractivity contribution is 7.92. The SMILES string of the molecule is Cc1ccc2c(NS(=O)(=O)C[C@@H]3CCCO3)c(F)ccc2c1Oc1ncccc1-c1ccnc(NC2CCCN(C(=O)O)C2)n1. The molecular weight excluding hydrogens is 603 g/mol. The lowest BCUT2D eigenvalue weighted by Crippen LogP contribution is -2.44. The maximum Gasteiger partial charge on any atom is 0.407 e. The minimum atomic E-state index is -3.90. The van der Waals surface area contributed by atoms with Crippen molar-refractivity contribution >= 4 is 38.5 Å². The lowest BCUT2D eigenvalue weighted by atomic mass is 10.0. The van der Waals surface area contributed by atoms with Crippen molar-refractivity contribution in [2.75, 3.05) is 35.5 Å². The predicted octanol–water partition coefficient (Wildman–Crippen LogP) is 5.41. The summed E-state index contributed by atoms with van der Waals surface area (Å²) in [5.41, 5.74) is 1.65. The third-order valence-electron chi connectivity index (χ3n) is 7.91. The molecule has 2 aromatic carbocycles. The van der Waals surface area contributed by atoms with E-state index in [1.54, 1.807) is 48.8 Å². The van der Waals surface area contributed by atoms with Crippen molar-refractivity contribution in [2.45, 2.75) is 44.8 Å². The number of pyridine rings is 1. The van der Waals surface area contributed by atoms with Crippen LogP contribution in [0.4, 0.5) is 20.8 Å². The Labute approximate surface area is 259 Å². The van der Waals surface area contributed by atoms with Crippen LogP contribution in [0.3, 0.4) is 0 Å². The summed E-state index contributed by atoms with van der Waals surface area (Å²) in [6, 6.07) is 11.3. The number of nitrogens with one attached hydrogen (secondary N) is 2. The van der Waals surface area contributed by atoms with Crippen molar-refractivity contribution in [2.24, 2.45) is 0 Å². The first-order valence-corrected chi connectivity index (χ1v) is 16.4. The zero-order valence-electron chi connectivity index (χ0n) is 24.6. The van der Waals surface area contributed by atoms with E-state index in [1.165, 1.54) is 11.0 Å². The molecule has 0 aliphatic carbocycles. The van der Waals surface area contributed by atoms with E-state index >= 15 is 4.39 Å². The third-order valence-corrected chi connectivity index (χ3v) is 9.24. The Hall–Kier alpha value is -4.56. The average molecular weight is 637 g/mol. The van der Waals surface area contributed by atoms with E-state index in [9.17, 15) is 18.3 Å². The molecule has 45 heavy (non-hydrogen) atoms. The average Bonchev–Trinajstić information content (AvgIpc) is 3.52. The summed E-state index contributed by atoms with van der Waals surface area (Å²) in [4.78, 5) is 26.2. The molecule has 6 rings (SSSR count). The number of hydrogen-bond donors (Lipinski definition) is 3. The molecule has 4 aromatic rings. The van der Waals surface area contributed by atoms with E-state index in [1.807, 2.05) is 6.92 Å². The molecule has 3 N–H and O–H groups in total. The number of aryl methyl sites for hydroxylation is 1. The largest absolute Gasteiger partial charge is 0.465 e. The van der Waals surface area contributed by atoms with E-state index in [2.05, 4.69) is 25.0 Å². The number of anilines is 2. The first-order chi connectivity index (χ1) is 21.7. The molecule has 12 nitrogen and oxygen atoms in total. The van der Waals surface area contributed by atoms with Crippen LogP contribution in [0.25, 0.3) is 22.0 Å². The quantitative estimate of drug-likeness (QED) is 0.217. The highest BCUT2D eigenvalue weighted by atomic mass is 32.2. The van der Waals surface area contributed by atoms with Crippen LogP contribution >= 0.6 is 0 Å². The van der Waals surface area contributed by atoms with Gasteiger partial charge in [-0.05, 0) is 68.5 Å². The summed E-state index contributed by atoms with van der Waals surface area (Å²) in [6.45, 7) is 3.17. The Balaban J connectivity index is 1.29. The van der Waals surface area contributed by atoms with Gasteiger partial charge in [0.1, 0.15) is 11.6 Å². The number of halogens is 1. The zero-order valence-corrected chi connectivity index (χ0v) is 25.4. The molecule has 2 saturated heterocycles. The monoisotopic (exact) mass is 636 g/mol. The van der Waals surface area contributed by atoms with E-state index in [0.29, 0.717) is 59.8 Å². The number of carboxylic acid groups (broad SMARTS) is 1. The van der Waals surface area contributed by atoms with E-state index < -0.39 is 28.0 Å². The van der Waals surface area contributed by atoms with Crippen molar-refractivity contribution in [1.29, 1.82) is 0 Å². The fraction of sp³-hybridized carbons (Fsp3) is 0.355. The molecule has 236 valence electrons. The first-order valence-electron chi connectivity index (χ1n) is 14.7. The Morgan fingerprint density at radius 3 is 2.76 bits per heavy atom. The minimum Gasteiger partial charge on any atom is -0.465 e. The number of sulfonamides is 1. The number of rotatable bonds is 9. The first kappa shape index (κ1) is 30.5. The number of ether oxygens (including phenoxy) is 2. The van der Waals surface area contributed by atoms with Gasteiger partial charge < -0.3 is 24.8 Å². The van der Waals surface area contributed by atoms with Gasteiger partial charge in [-0.2, -0.15) is 0 Å². The standard InChI is InChI=1S/C31H33FN6O6S/c1-19-8-9-22-23(10-11-25(32)27(22)37-45(41,42)18-21-6-4-16-43-21)28(19)44-29-24(7-2-13-33-29)26-12-14-34-30(36-26)35-20-5-3-15-38(17-20)31(39)40/h2,7-14,20-21,37H,3-6,15-18H2,1H3,(H,39,40)(H,34,35,36)/t20?,21-/m0/s1. The zero-order chi connectivity index (χ0) is 31.6. The van der Waals surface area contributed by atoms with E-state index in [-0.39, 0.29) is 23.4 Å². The third kappa shape index (κ3) is 6.91. The summed E-state index contributed by atoms with van der Waals surface area (Å²) in [7, 11) is -3.90. The Morgan fingerprint density at radius 1 is 1.11 bits per heavy atom. The van der Waals surface area contributed by atoms with Gasteiger partial charge in [0.2, 0.25) is 21.9 Å². The van der Waals surface area contributed by atoms with Gasteiger partial charge in [0, 0.05) is 48.9 Å². The van der Waals surface area contributed by atoms with Crippen LogP contribution < -0.4 is 14.8 Å². The summed E-state index contributed by atoms with van der Waals surface area (Å²) in [5, 5.41) is 13.4. The Bertz CT molecular complexity index is 1840. The molecule has 2 atom stereocenters. The van der Waals surface area contributed by atoms with Gasteiger partial charge in [0.05, 0.1) is 28.8 Å². The van der Waals surface area contributed by atoms with E-state index in [0.717, 1.165) is 24.8 Å². The number of likely N-dealkylation sites (tertiary alicyclic amines) is 1. The van der Waals surface area contributed by atoms with Gasteiger partial charge >= 0.3 is 6.09 Å². The molecule has 0 bridgehead atoms. The van der Waals surface area contributed by atoms with Gasteiger partial charge in [-0.3, -0.25) is 4.72 Å². The number of aromatic nitrogens is 3. The number of amides is 1. The molecule has 1 unspecified atom stereocenters. The van der Waals surface area contributed by atoms with Crippen LogP contribution in [0.5, 0.6) is 11.6 Å². The molecule has 0 saturated carbocycles. The van der Waals surface area contributed by atoms with Crippen molar-refractivity contribution in [3.63, 3.8) is 0 Å². The number of piperidine rings is 1. The number of carbonyl (C=O) groups is 1.